The molecule has 0 radical (unpaired) electrons. The second-order valence-corrected chi connectivity index (χ2v) is 11.5. The second kappa shape index (κ2) is 16.2. The zero-order valence-corrected chi connectivity index (χ0v) is 27.0. The number of aromatic nitrogens is 2. The SMILES string of the molecule is CCOC(=O)N=[S-](=O)c1cccc(Nc2ncc(-c3ccc(NC(=O)Nc4cc(C(F)(F)F)ccc4F)c(F)c3)c(NCCN(C)C)n2)c1. The van der Waals surface area contributed by atoms with Gasteiger partial charge in [0.2, 0.25) is 5.95 Å². The molecule has 18 heteroatoms. The first-order valence-corrected chi connectivity index (χ1v) is 15.5. The van der Waals surface area contributed by atoms with Crippen LogP contribution < -0.4 is 21.3 Å². The van der Waals surface area contributed by atoms with E-state index in [1.165, 1.54) is 30.5 Å². The molecule has 0 saturated heterocycles. The van der Waals surface area contributed by atoms with Gasteiger partial charge in [-0.15, -0.1) is 10.6 Å². The van der Waals surface area contributed by atoms with E-state index in [4.69, 9.17) is 4.74 Å². The van der Waals surface area contributed by atoms with Gasteiger partial charge in [0.15, 0.2) is 0 Å². The minimum atomic E-state index is -4.77. The van der Waals surface area contributed by atoms with E-state index in [1.807, 2.05) is 24.3 Å². The first-order valence-electron chi connectivity index (χ1n) is 14.4. The Morgan fingerprint density at radius 1 is 0.980 bits per heavy atom. The molecule has 3 aromatic carbocycles. The van der Waals surface area contributed by atoms with E-state index < -0.39 is 51.8 Å². The third kappa shape index (κ3) is 10.3. The first-order chi connectivity index (χ1) is 23.2. The van der Waals surface area contributed by atoms with Crippen molar-refractivity contribution in [3.05, 3.63) is 84.1 Å². The molecule has 3 amide bonds. The minimum absolute atomic E-state index is 0.0822. The van der Waals surface area contributed by atoms with Gasteiger partial charge >= 0.3 is 18.3 Å². The standard InChI is InChI=1S/C31H30F5N8O4S/c1-4-48-30(46)43-49(47)21-7-5-6-20(16-21)39-28-38-17-22(27(42-28)37-12-13-44(2)3)18-8-11-25(24(33)14-18)40-29(45)41-26-15-19(31(34,35)36)9-10-23(26)32/h5-11,14-17H,4,12-13H2,1-3H3,(H2,40,41,45)(H2,37,38,39,42)/q-1. The Bertz CT molecular complexity index is 1920. The number of carbonyl (C=O) groups is 2. The van der Waals surface area contributed by atoms with Crippen LogP contribution in [0.4, 0.5) is 60.4 Å². The van der Waals surface area contributed by atoms with Crippen LogP contribution in [-0.2, 0) is 25.7 Å². The Kier molecular flexibility index (Phi) is 12.0. The van der Waals surface area contributed by atoms with Crippen LogP contribution >= 0.6 is 0 Å². The molecular weight excluding hydrogens is 675 g/mol. The van der Waals surface area contributed by atoms with Gasteiger partial charge < -0.3 is 35.1 Å². The maximum atomic E-state index is 15.2. The van der Waals surface area contributed by atoms with Crippen molar-refractivity contribution in [3.63, 3.8) is 0 Å². The molecule has 0 saturated carbocycles. The molecule has 4 N–H and O–H groups in total. The van der Waals surface area contributed by atoms with E-state index in [0.717, 1.165) is 6.07 Å². The maximum Gasteiger partial charge on any atom is 0.416 e. The molecule has 0 bridgehead atoms. The van der Waals surface area contributed by atoms with Crippen LogP contribution in [0.3, 0.4) is 0 Å². The van der Waals surface area contributed by atoms with E-state index in [2.05, 4.69) is 30.3 Å². The number of nitrogens with one attached hydrogen (secondary N) is 4. The fourth-order valence-electron chi connectivity index (χ4n) is 4.13. The van der Waals surface area contributed by atoms with Gasteiger partial charge in [0.25, 0.3) is 0 Å². The number of urea groups is 1. The van der Waals surface area contributed by atoms with E-state index in [0.29, 0.717) is 53.9 Å². The van der Waals surface area contributed by atoms with E-state index in [9.17, 15) is 31.4 Å². The molecule has 0 aliphatic carbocycles. The van der Waals surface area contributed by atoms with E-state index in [-0.39, 0.29) is 23.1 Å². The fraction of sp³-hybridized carbons (Fsp3) is 0.226. The number of alkyl halides is 3. The molecular formula is C31H30F5N8O4S-. The Morgan fingerprint density at radius 3 is 2.43 bits per heavy atom. The molecule has 0 unspecified atom stereocenters. The molecule has 12 nitrogen and oxygen atoms in total. The van der Waals surface area contributed by atoms with Crippen LogP contribution in [0, 0.1) is 11.6 Å². The molecule has 0 spiro atoms. The Balaban J connectivity index is 1.55. The first kappa shape index (κ1) is 36.5. The van der Waals surface area contributed by atoms with E-state index >= 15 is 4.39 Å². The number of hydrogen-bond acceptors (Lipinski definition) is 10. The highest BCUT2D eigenvalue weighted by atomic mass is 32.2. The topological polar surface area (TPSA) is 150 Å². The van der Waals surface area contributed by atoms with Crippen molar-refractivity contribution < 1.29 is 40.5 Å². The molecule has 4 aromatic rings. The number of benzene rings is 3. The van der Waals surface area contributed by atoms with Crippen LogP contribution in [0.2, 0.25) is 0 Å². The summed E-state index contributed by atoms with van der Waals surface area (Å²) >= 11 is 0. The molecule has 260 valence electrons. The molecule has 0 aliphatic rings. The van der Waals surface area contributed by atoms with E-state index in [1.54, 1.807) is 19.1 Å². The number of nitrogens with zero attached hydrogens (tertiary/aromatic N) is 4. The molecule has 1 heterocycles. The van der Waals surface area contributed by atoms with Gasteiger partial charge in [0.05, 0.1) is 23.5 Å². The van der Waals surface area contributed by atoms with Gasteiger partial charge in [0.1, 0.15) is 17.5 Å². The predicted molar refractivity (Wildman–Crippen MR) is 174 cm³/mol. The van der Waals surface area contributed by atoms with Crippen molar-refractivity contribution >= 4 is 51.5 Å². The zero-order chi connectivity index (χ0) is 35.7. The third-order valence-corrected chi connectivity index (χ3v) is 7.40. The highest BCUT2D eigenvalue weighted by Gasteiger charge is 2.31. The molecule has 0 atom stereocenters. The molecule has 0 fully saturated rings. The van der Waals surface area contributed by atoms with Crippen molar-refractivity contribution in [3.8, 4) is 11.1 Å². The summed E-state index contributed by atoms with van der Waals surface area (Å²) in [4.78, 5) is 35.0. The van der Waals surface area contributed by atoms with Crippen LogP contribution in [0.5, 0.6) is 0 Å². The normalized spacial score (nSPS) is 12.0. The number of carbonyl (C=O) groups excluding carboxylic acids is 2. The van der Waals surface area contributed by atoms with Crippen molar-refractivity contribution in [1.82, 2.24) is 14.9 Å². The minimum Gasteiger partial charge on any atom is -0.450 e. The summed E-state index contributed by atoms with van der Waals surface area (Å²) in [5, 5.41) is 10.3. The summed E-state index contributed by atoms with van der Waals surface area (Å²) < 4.78 is 89.0. The highest BCUT2D eigenvalue weighted by molar-refractivity contribution is 7.75. The Hall–Kier alpha value is -5.36. The van der Waals surface area contributed by atoms with Crippen molar-refractivity contribution in [2.45, 2.75) is 18.0 Å². The van der Waals surface area contributed by atoms with Crippen LogP contribution in [0.25, 0.3) is 11.1 Å². The number of rotatable bonds is 11. The van der Waals surface area contributed by atoms with Gasteiger partial charge in [-0.2, -0.15) is 18.2 Å². The lowest BCUT2D eigenvalue weighted by Gasteiger charge is -2.16. The summed E-state index contributed by atoms with van der Waals surface area (Å²) in [6, 6.07) is 10.4. The molecule has 49 heavy (non-hydrogen) atoms. The molecule has 1 aromatic heterocycles. The Labute approximate surface area is 279 Å². The van der Waals surface area contributed by atoms with Crippen molar-refractivity contribution in [2.75, 3.05) is 55.1 Å². The van der Waals surface area contributed by atoms with Gasteiger partial charge in [0, 0.05) is 30.5 Å². The van der Waals surface area contributed by atoms with Gasteiger partial charge in [-0.1, -0.05) is 29.2 Å². The number of anilines is 5. The Morgan fingerprint density at radius 2 is 1.73 bits per heavy atom. The maximum absolute atomic E-state index is 15.2. The zero-order valence-electron chi connectivity index (χ0n) is 26.2. The van der Waals surface area contributed by atoms with Gasteiger partial charge in [-0.25, -0.2) is 23.4 Å². The van der Waals surface area contributed by atoms with Gasteiger partial charge in [-0.05, 0) is 63.0 Å². The lowest BCUT2D eigenvalue weighted by molar-refractivity contribution is -0.137. The van der Waals surface area contributed by atoms with Gasteiger partial charge in [-0.3, -0.25) is 4.36 Å². The summed E-state index contributed by atoms with van der Waals surface area (Å²) in [5.41, 5.74) is -1.12. The average molecular weight is 706 g/mol. The number of ether oxygens (including phenoxy) is 1. The van der Waals surface area contributed by atoms with Crippen LogP contribution in [0.15, 0.2) is 76.1 Å². The second-order valence-electron chi connectivity index (χ2n) is 10.3. The summed E-state index contributed by atoms with van der Waals surface area (Å²) in [6.07, 6.45) is -4.30. The molecule has 4 rings (SSSR count). The van der Waals surface area contributed by atoms with Crippen LogP contribution in [0.1, 0.15) is 12.5 Å². The number of halogens is 5. The smallest absolute Gasteiger partial charge is 0.416 e. The predicted octanol–water partition coefficient (Wildman–Crippen LogP) is 7.46. The number of likely N-dealkylation sites (N-methyl/N-ethyl adjacent to an activating group) is 1. The largest absolute Gasteiger partial charge is 0.450 e. The quantitative estimate of drug-likeness (QED) is 0.0921. The monoisotopic (exact) mass is 705 g/mol. The molecule has 0 aliphatic heterocycles. The summed E-state index contributed by atoms with van der Waals surface area (Å²) in [5.74, 6) is -1.58. The highest BCUT2D eigenvalue weighted by Crippen LogP contribution is 2.33. The lowest BCUT2D eigenvalue weighted by atomic mass is 10.1. The fourth-order valence-corrected chi connectivity index (χ4v) is 4.84. The van der Waals surface area contributed by atoms with Crippen molar-refractivity contribution in [2.24, 2.45) is 4.36 Å². The van der Waals surface area contributed by atoms with Crippen molar-refractivity contribution in [1.29, 1.82) is 0 Å². The summed E-state index contributed by atoms with van der Waals surface area (Å²) in [7, 11) is 1.73. The number of hydrogen-bond donors (Lipinski definition) is 4. The average Bonchev–Trinajstić information content (AvgIpc) is 3.03. The summed E-state index contributed by atoms with van der Waals surface area (Å²) in [6.45, 7) is 2.73. The van der Waals surface area contributed by atoms with Crippen LogP contribution in [-0.4, -0.2) is 60.8 Å². The number of amides is 3. The third-order valence-electron chi connectivity index (χ3n) is 6.43. The lowest BCUT2D eigenvalue weighted by Crippen LogP contribution is -2.21.